The van der Waals surface area contributed by atoms with E-state index >= 15 is 0 Å². The summed E-state index contributed by atoms with van der Waals surface area (Å²) in [6, 6.07) is 17.1. The van der Waals surface area contributed by atoms with Crippen molar-refractivity contribution >= 4 is 34.4 Å². The van der Waals surface area contributed by atoms with E-state index < -0.39 is 0 Å². The molecule has 2 aromatic heterocycles. The number of anilines is 1. The molecule has 0 spiro atoms. The molecule has 1 N–H and O–H groups in total. The number of para-hydroxylation sites is 1. The van der Waals surface area contributed by atoms with Gasteiger partial charge in [-0.3, -0.25) is 4.79 Å². The van der Waals surface area contributed by atoms with Crippen LogP contribution in [0.15, 0.2) is 72.1 Å². The highest BCUT2D eigenvalue weighted by Gasteiger charge is 2.19. The number of rotatable bonds is 7. The van der Waals surface area contributed by atoms with Gasteiger partial charge in [0.15, 0.2) is 5.65 Å². The van der Waals surface area contributed by atoms with Crippen molar-refractivity contribution in [2.75, 3.05) is 11.9 Å². The Balaban J connectivity index is 1.49. The highest BCUT2D eigenvalue weighted by Crippen LogP contribution is 2.29. The molecule has 30 heavy (non-hydrogen) atoms. The standard InChI is InChI=1S/C22H21N5O2S/c1-3-29-18-11-9-16(10-12-18)26-21(28)15(2)30-22-19-13-25-27(20(19)23-14-24-22)17-7-5-4-6-8-17/h4-15H,3H2,1-2H3,(H,26,28). The Morgan fingerprint density at radius 3 is 2.63 bits per heavy atom. The van der Waals surface area contributed by atoms with Crippen LogP contribution in [0.25, 0.3) is 16.7 Å². The zero-order valence-corrected chi connectivity index (χ0v) is 17.5. The van der Waals surface area contributed by atoms with Gasteiger partial charge in [-0.1, -0.05) is 30.0 Å². The summed E-state index contributed by atoms with van der Waals surface area (Å²) in [5.74, 6) is 0.670. The van der Waals surface area contributed by atoms with E-state index in [1.165, 1.54) is 18.1 Å². The van der Waals surface area contributed by atoms with Crippen LogP contribution >= 0.6 is 11.8 Å². The summed E-state index contributed by atoms with van der Waals surface area (Å²) < 4.78 is 7.20. The fourth-order valence-electron chi connectivity index (χ4n) is 2.94. The molecule has 1 amide bonds. The van der Waals surface area contributed by atoms with E-state index in [-0.39, 0.29) is 11.2 Å². The van der Waals surface area contributed by atoms with E-state index in [2.05, 4.69) is 20.4 Å². The Morgan fingerprint density at radius 2 is 1.90 bits per heavy atom. The van der Waals surface area contributed by atoms with Crippen LogP contribution in [0.3, 0.4) is 0 Å². The van der Waals surface area contributed by atoms with Gasteiger partial charge in [-0.2, -0.15) is 5.10 Å². The van der Waals surface area contributed by atoms with Crippen LogP contribution in [0, 0.1) is 0 Å². The molecule has 2 heterocycles. The zero-order chi connectivity index (χ0) is 20.9. The molecular weight excluding hydrogens is 398 g/mol. The molecule has 0 bridgehead atoms. The number of carbonyl (C=O) groups excluding carboxylic acids is 1. The molecule has 0 aliphatic carbocycles. The number of benzene rings is 2. The number of amides is 1. The second kappa shape index (κ2) is 8.96. The van der Waals surface area contributed by atoms with Gasteiger partial charge in [-0.15, -0.1) is 0 Å². The minimum atomic E-state index is -0.352. The van der Waals surface area contributed by atoms with Crippen LogP contribution in [0.5, 0.6) is 5.75 Å². The van der Waals surface area contributed by atoms with Crippen LogP contribution in [-0.2, 0) is 4.79 Å². The Bertz CT molecular complexity index is 1150. The Morgan fingerprint density at radius 1 is 1.13 bits per heavy atom. The SMILES string of the molecule is CCOc1ccc(NC(=O)C(C)Sc2ncnc3c2cnn3-c2ccccc2)cc1. The van der Waals surface area contributed by atoms with Crippen molar-refractivity contribution in [2.45, 2.75) is 24.1 Å². The molecule has 0 saturated carbocycles. The maximum absolute atomic E-state index is 12.7. The first-order valence-corrected chi connectivity index (χ1v) is 10.5. The zero-order valence-electron chi connectivity index (χ0n) is 16.6. The van der Waals surface area contributed by atoms with Crippen molar-refractivity contribution in [1.29, 1.82) is 0 Å². The smallest absolute Gasteiger partial charge is 0.237 e. The van der Waals surface area contributed by atoms with Gasteiger partial charge in [0.1, 0.15) is 17.1 Å². The lowest BCUT2D eigenvalue weighted by Gasteiger charge is -2.12. The maximum Gasteiger partial charge on any atom is 0.237 e. The molecule has 0 aliphatic rings. The molecule has 7 nitrogen and oxygen atoms in total. The van der Waals surface area contributed by atoms with Gasteiger partial charge in [0, 0.05) is 5.69 Å². The number of hydrogen-bond acceptors (Lipinski definition) is 6. The second-order valence-corrected chi connectivity index (χ2v) is 7.84. The molecule has 2 aromatic carbocycles. The fraction of sp³-hybridized carbons (Fsp3) is 0.182. The average Bonchev–Trinajstić information content (AvgIpc) is 3.21. The maximum atomic E-state index is 12.7. The summed E-state index contributed by atoms with van der Waals surface area (Å²) in [6.07, 6.45) is 3.24. The van der Waals surface area contributed by atoms with Crippen molar-refractivity contribution < 1.29 is 9.53 Å². The molecule has 0 fully saturated rings. The third kappa shape index (κ3) is 4.28. The number of ether oxygens (including phenoxy) is 1. The summed E-state index contributed by atoms with van der Waals surface area (Å²) in [5, 5.41) is 8.57. The predicted molar refractivity (Wildman–Crippen MR) is 118 cm³/mol. The number of carbonyl (C=O) groups is 1. The van der Waals surface area contributed by atoms with Crippen LogP contribution in [0.2, 0.25) is 0 Å². The van der Waals surface area contributed by atoms with Gasteiger partial charge in [-0.25, -0.2) is 14.6 Å². The largest absolute Gasteiger partial charge is 0.494 e. The average molecular weight is 420 g/mol. The third-order valence-corrected chi connectivity index (χ3v) is 5.54. The van der Waals surface area contributed by atoms with Crippen LogP contribution < -0.4 is 10.1 Å². The van der Waals surface area contributed by atoms with E-state index in [1.54, 1.807) is 10.9 Å². The van der Waals surface area contributed by atoms with Gasteiger partial charge in [-0.05, 0) is 50.2 Å². The first-order valence-electron chi connectivity index (χ1n) is 9.60. The van der Waals surface area contributed by atoms with E-state index in [4.69, 9.17) is 4.74 Å². The molecule has 0 radical (unpaired) electrons. The Kier molecular flexibility index (Phi) is 5.94. The van der Waals surface area contributed by atoms with Gasteiger partial charge >= 0.3 is 0 Å². The summed E-state index contributed by atoms with van der Waals surface area (Å²) >= 11 is 1.38. The minimum Gasteiger partial charge on any atom is -0.494 e. The summed E-state index contributed by atoms with van der Waals surface area (Å²) in [4.78, 5) is 21.4. The van der Waals surface area contributed by atoms with Crippen molar-refractivity contribution in [3.05, 3.63) is 67.1 Å². The predicted octanol–water partition coefficient (Wildman–Crippen LogP) is 4.33. The molecule has 4 aromatic rings. The second-order valence-electron chi connectivity index (χ2n) is 6.51. The lowest BCUT2D eigenvalue weighted by atomic mass is 10.3. The number of nitrogens with zero attached hydrogens (tertiary/aromatic N) is 4. The number of nitrogens with one attached hydrogen (secondary N) is 1. The summed E-state index contributed by atoms with van der Waals surface area (Å²) in [5.41, 5.74) is 2.35. The lowest BCUT2D eigenvalue weighted by molar-refractivity contribution is -0.115. The summed E-state index contributed by atoms with van der Waals surface area (Å²) in [7, 11) is 0. The van der Waals surface area contributed by atoms with Crippen LogP contribution in [0.4, 0.5) is 5.69 Å². The summed E-state index contributed by atoms with van der Waals surface area (Å²) in [6.45, 7) is 4.39. The number of aromatic nitrogens is 4. The first-order chi connectivity index (χ1) is 14.7. The fourth-order valence-corrected chi connectivity index (χ4v) is 3.82. The molecule has 152 valence electrons. The molecule has 0 saturated heterocycles. The third-order valence-electron chi connectivity index (χ3n) is 4.42. The van der Waals surface area contributed by atoms with E-state index in [1.807, 2.05) is 68.4 Å². The lowest BCUT2D eigenvalue weighted by Crippen LogP contribution is -2.22. The van der Waals surface area contributed by atoms with E-state index in [9.17, 15) is 4.79 Å². The van der Waals surface area contributed by atoms with Crippen molar-refractivity contribution in [3.8, 4) is 11.4 Å². The number of hydrogen-bond donors (Lipinski definition) is 1. The van der Waals surface area contributed by atoms with Crippen molar-refractivity contribution in [1.82, 2.24) is 19.7 Å². The van der Waals surface area contributed by atoms with Gasteiger partial charge in [0.25, 0.3) is 0 Å². The van der Waals surface area contributed by atoms with Gasteiger partial charge in [0.05, 0.1) is 29.1 Å². The number of thioether (sulfide) groups is 1. The highest BCUT2D eigenvalue weighted by atomic mass is 32.2. The normalized spacial score (nSPS) is 11.9. The van der Waals surface area contributed by atoms with Crippen molar-refractivity contribution in [3.63, 3.8) is 0 Å². The Hall–Kier alpha value is -3.39. The highest BCUT2D eigenvalue weighted by molar-refractivity contribution is 8.00. The van der Waals surface area contributed by atoms with Gasteiger partial charge < -0.3 is 10.1 Å². The topological polar surface area (TPSA) is 81.9 Å². The number of fused-ring (bicyclic) bond motifs is 1. The quantitative estimate of drug-likeness (QED) is 0.355. The van der Waals surface area contributed by atoms with Crippen LogP contribution in [-0.4, -0.2) is 37.5 Å². The monoisotopic (exact) mass is 419 g/mol. The van der Waals surface area contributed by atoms with E-state index in [0.29, 0.717) is 12.3 Å². The minimum absolute atomic E-state index is 0.105. The molecule has 0 aliphatic heterocycles. The molecule has 1 atom stereocenters. The molecule has 4 rings (SSSR count). The molecular formula is C22H21N5O2S. The molecule has 8 heteroatoms. The first kappa shape index (κ1) is 19.9. The van der Waals surface area contributed by atoms with E-state index in [0.717, 1.165) is 27.5 Å². The van der Waals surface area contributed by atoms with Crippen LogP contribution in [0.1, 0.15) is 13.8 Å². The Labute approximate surface area is 178 Å². The molecule has 1 unspecified atom stereocenters. The van der Waals surface area contributed by atoms with Gasteiger partial charge in [0.2, 0.25) is 5.91 Å². The van der Waals surface area contributed by atoms with Crippen molar-refractivity contribution in [2.24, 2.45) is 0 Å².